The highest BCUT2D eigenvalue weighted by Crippen LogP contribution is 2.29. The number of halogens is 8. The van der Waals surface area contributed by atoms with E-state index in [0.717, 1.165) is 36.6 Å². The Morgan fingerprint density at radius 1 is 0.915 bits per heavy atom. The van der Waals surface area contributed by atoms with Crippen molar-refractivity contribution in [2.45, 2.75) is 57.0 Å². The summed E-state index contributed by atoms with van der Waals surface area (Å²) in [5.74, 6) is -5.09. The van der Waals surface area contributed by atoms with Gasteiger partial charge in [-0.1, -0.05) is 47.7 Å². The molecular formula is C27H27Cl2F6N7O5. The van der Waals surface area contributed by atoms with Gasteiger partial charge in [0.25, 0.3) is 5.91 Å². The van der Waals surface area contributed by atoms with E-state index in [1.54, 1.807) is 12.1 Å². The van der Waals surface area contributed by atoms with E-state index < -0.39 is 30.2 Å². The number of nitrogens with one attached hydrogen (secondary N) is 2. The average Bonchev–Trinajstić information content (AvgIpc) is 2.93. The van der Waals surface area contributed by atoms with Crippen LogP contribution in [0.3, 0.4) is 0 Å². The van der Waals surface area contributed by atoms with Crippen LogP contribution in [-0.4, -0.2) is 68.4 Å². The summed E-state index contributed by atoms with van der Waals surface area (Å²) in [6.45, 7) is 2.00. The fourth-order valence-electron chi connectivity index (χ4n) is 4.05. The number of alkyl halides is 6. The van der Waals surface area contributed by atoms with Gasteiger partial charge >= 0.3 is 24.3 Å². The summed E-state index contributed by atoms with van der Waals surface area (Å²) in [5, 5.41) is 22.1. The number of rotatable bonds is 5. The molecule has 2 aromatic carbocycles. The Kier molecular flexibility index (Phi) is 13.4. The number of aliphatic imine (C=N–C) groups is 1. The van der Waals surface area contributed by atoms with Crippen molar-refractivity contribution >= 4 is 69.7 Å². The summed E-state index contributed by atoms with van der Waals surface area (Å²) < 4.78 is 63.5. The first-order valence-corrected chi connectivity index (χ1v) is 13.9. The van der Waals surface area contributed by atoms with E-state index >= 15 is 0 Å². The Labute approximate surface area is 272 Å². The Morgan fingerprint density at radius 2 is 1.49 bits per heavy atom. The molecule has 0 bridgehead atoms. The van der Waals surface area contributed by atoms with Crippen molar-refractivity contribution < 1.29 is 50.9 Å². The van der Waals surface area contributed by atoms with Gasteiger partial charge in [0.05, 0.1) is 28.2 Å². The summed E-state index contributed by atoms with van der Waals surface area (Å²) in [7, 11) is 0. The number of amides is 1. The van der Waals surface area contributed by atoms with Crippen molar-refractivity contribution in [1.29, 1.82) is 0 Å². The van der Waals surface area contributed by atoms with E-state index in [9.17, 15) is 31.1 Å². The predicted octanol–water partition coefficient (Wildman–Crippen LogP) is 5.76. The van der Waals surface area contributed by atoms with Crippen LogP contribution in [0.4, 0.5) is 38.1 Å². The molecular weight excluding hydrogens is 687 g/mol. The molecule has 20 heteroatoms. The van der Waals surface area contributed by atoms with Gasteiger partial charge in [-0.25, -0.2) is 19.6 Å². The molecule has 2 atom stereocenters. The van der Waals surface area contributed by atoms with Crippen LogP contribution in [0.5, 0.6) is 0 Å². The number of anilines is 2. The zero-order valence-electron chi connectivity index (χ0n) is 24.1. The lowest BCUT2D eigenvalue weighted by molar-refractivity contribution is -0.193. The molecule has 8 N–H and O–H groups in total. The highest BCUT2D eigenvalue weighted by molar-refractivity contribution is 6.37. The van der Waals surface area contributed by atoms with Gasteiger partial charge in [-0.2, -0.15) is 31.3 Å². The van der Waals surface area contributed by atoms with Gasteiger partial charge in [-0.05, 0) is 50.1 Å². The molecule has 1 aliphatic rings. The number of aromatic nitrogens is 2. The number of carbonyl (C=O) groups excluding carboxylic acids is 1. The van der Waals surface area contributed by atoms with Gasteiger partial charge in [0.2, 0.25) is 5.95 Å². The molecule has 0 saturated heterocycles. The monoisotopic (exact) mass is 713 g/mol. The maximum atomic E-state index is 12.8. The first kappa shape index (κ1) is 38.6. The molecule has 1 aromatic heterocycles. The van der Waals surface area contributed by atoms with Crippen LogP contribution in [0.15, 0.2) is 41.4 Å². The second-order valence-electron chi connectivity index (χ2n) is 9.76. The van der Waals surface area contributed by atoms with Gasteiger partial charge < -0.3 is 27.0 Å². The van der Waals surface area contributed by atoms with Crippen molar-refractivity contribution in [3.05, 3.63) is 57.6 Å². The summed E-state index contributed by atoms with van der Waals surface area (Å²) in [4.78, 5) is 44.2. The van der Waals surface area contributed by atoms with Crippen LogP contribution in [0, 0.1) is 6.92 Å². The van der Waals surface area contributed by atoms with Gasteiger partial charge in [-0.15, -0.1) is 0 Å². The van der Waals surface area contributed by atoms with Crippen molar-refractivity contribution in [3.8, 4) is 0 Å². The number of aryl methyl sites for hydroxylation is 1. The highest BCUT2D eigenvalue weighted by atomic mass is 35.5. The number of hydrogen-bond donors (Lipinski definition) is 6. The molecule has 0 aliphatic heterocycles. The molecule has 0 radical (unpaired) electrons. The van der Waals surface area contributed by atoms with Crippen LogP contribution < -0.4 is 22.1 Å². The molecule has 0 spiro atoms. The number of benzene rings is 2. The number of guanidine groups is 1. The van der Waals surface area contributed by atoms with Crippen LogP contribution in [0.2, 0.25) is 10.0 Å². The fraction of sp³-hybridized carbons (Fsp3) is 0.333. The van der Waals surface area contributed by atoms with E-state index in [4.69, 9.17) is 54.5 Å². The zero-order valence-corrected chi connectivity index (χ0v) is 25.6. The number of nitrogens with two attached hydrogens (primary N) is 2. The number of hydrogen-bond acceptors (Lipinski definition) is 7. The Hall–Kier alpha value is -4.58. The standard InChI is InChI=1S/C23H25Cl2N7O.2C2HF3O2/c1-12-6-9-17-15(10-12)20(28-18-4-2-3-5-19(18)29-22(26)27)31-23(30-17)32-21(33)14-8-7-13(24)11-16(14)25;2*3-2(4,5)1(6)7/h6-11,18-19H,2-5H2,1H3,(H4,26,27,29)(H2,28,30,31,32,33);2*(H,6,7). The third-order valence-corrected chi connectivity index (χ3v) is 6.65. The summed E-state index contributed by atoms with van der Waals surface area (Å²) in [6.07, 6.45) is -6.25. The van der Waals surface area contributed by atoms with Crippen LogP contribution in [0.25, 0.3) is 10.9 Å². The lowest BCUT2D eigenvalue weighted by Crippen LogP contribution is -2.38. The zero-order chi connectivity index (χ0) is 35.7. The van der Waals surface area contributed by atoms with Crippen molar-refractivity contribution in [1.82, 2.24) is 9.97 Å². The van der Waals surface area contributed by atoms with E-state index in [-0.39, 0.29) is 34.6 Å². The number of carbonyl (C=O) groups is 3. The van der Waals surface area contributed by atoms with Crippen LogP contribution in [0.1, 0.15) is 41.6 Å². The van der Waals surface area contributed by atoms with E-state index in [1.807, 2.05) is 25.1 Å². The second kappa shape index (κ2) is 16.3. The van der Waals surface area contributed by atoms with Gasteiger partial charge in [0.15, 0.2) is 5.96 Å². The Morgan fingerprint density at radius 3 is 2.02 bits per heavy atom. The number of aliphatic carboxylic acids is 2. The molecule has 1 heterocycles. The Bertz CT molecular complexity index is 1610. The number of fused-ring (bicyclic) bond motifs is 1. The van der Waals surface area contributed by atoms with E-state index in [0.29, 0.717) is 16.4 Å². The van der Waals surface area contributed by atoms with E-state index in [2.05, 4.69) is 25.6 Å². The van der Waals surface area contributed by atoms with Crippen molar-refractivity contribution in [2.75, 3.05) is 10.6 Å². The van der Waals surface area contributed by atoms with Crippen LogP contribution >= 0.6 is 23.2 Å². The molecule has 256 valence electrons. The highest BCUT2D eigenvalue weighted by Gasteiger charge is 2.39. The third-order valence-electron chi connectivity index (χ3n) is 6.10. The summed E-state index contributed by atoms with van der Waals surface area (Å²) in [6, 6.07) is 10.5. The minimum Gasteiger partial charge on any atom is -0.475 e. The number of carboxylic acids is 2. The molecule has 1 saturated carbocycles. The van der Waals surface area contributed by atoms with Gasteiger partial charge in [0.1, 0.15) is 5.82 Å². The normalized spacial score (nSPS) is 16.0. The first-order chi connectivity index (χ1) is 21.7. The maximum absolute atomic E-state index is 12.8. The predicted molar refractivity (Wildman–Crippen MR) is 162 cm³/mol. The summed E-state index contributed by atoms with van der Waals surface area (Å²) >= 11 is 12.1. The molecule has 1 aliphatic carbocycles. The molecule has 1 amide bonds. The lowest BCUT2D eigenvalue weighted by atomic mass is 9.90. The van der Waals surface area contributed by atoms with Gasteiger partial charge in [-0.3, -0.25) is 10.1 Å². The quantitative estimate of drug-likeness (QED) is 0.107. The number of nitrogens with zero attached hydrogens (tertiary/aromatic N) is 3. The molecule has 1 fully saturated rings. The smallest absolute Gasteiger partial charge is 0.475 e. The first-order valence-electron chi connectivity index (χ1n) is 13.2. The minimum atomic E-state index is -5.08. The molecule has 3 aromatic rings. The van der Waals surface area contributed by atoms with Crippen molar-refractivity contribution in [2.24, 2.45) is 16.5 Å². The Balaban J connectivity index is 0.000000459. The SMILES string of the molecule is Cc1ccc2nc(NC(=O)c3ccc(Cl)cc3Cl)nc(NC3CCCCC3N=C(N)N)c2c1.O=C(O)C(F)(F)F.O=C(O)C(F)(F)F. The summed E-state index contributed by atoms with van der Waals surface area (Å²) in [5.41, 5.74) is 13.4. The molecule has 47 heavy (non-hydrogen) atoms. The molecule has 2 unspecified atom stereocenters. The third kappa shape index (κ3) is 12.3. The number of carboxylic acid groups (broad SMARTS) is 2. The molecule has 4 rings (SSSR count). The minimum absolute atomic E-state index is 0.00808. The van der Waals surface area contributed by atoms with Crippen molar-refractivity contribution in [3.63, 3.8) is 0 Å². The second-order valence-corrected chi connectivity index (χ2v) is 10.6. The topological polar surface area (TPSA) is 206 Å². The fourth-order valence-corrected chi connectivity index (χ4v) is 4.55. The van der Waals surface area contributed by atoms with E-state index in [1.165, 1.54) is 6.07 Å². The average molecular weight is 714 g/mol. The molecule has 12 nitrogen and oxygen atoms in total. The lowest BCUT2D eigenvalue weighted by Gasteiger charge is -2.30. The van der Waals surface area contributed by atoms with Gasteiger partial charge in [0, 0.05) is 10.4 Å². The van der Waals surface area contributed by atoms with Crippen LogP contribution in [-0.2, 0) is 9.59 Å². The maximum Gasteiger partial charge on any atom is 0.490 e. The largest absolute Gasteiger partial charge is 0.490 e.